The number of carbonyl (C=O) groups excluding carboxylic acids is 2. The number of benzene rings is 2. The van der Waals surface area contributed by atoms with E-state index in [9.17, 15) is 9.59 Å². The summed E-state index contributed by atoms with van der Waals surface area (Å²) in [6, 6.07) is 16.4. The lowest BCUT2D eigenvalue weighted by Crippen LogP contribution is -2.20. The Kier molecular flexibility index (Phi) is 5.88. The summed E-state index contributed by atoms with van der Waals surface area (Å²) < 4.78 is 5.55. The molecule has 0 spiro atoms. The molecule has 1 aromatic heterocycles. The second-order valence-electron chi connectivity index (χ2n) is 6.17. The summed E-state index contributed by atoms with van der Waals surface area (Å²) in [4.78, 5) is 24.7. The molecule has 5 nitrogen and oxygen atoms in total. The highest BCUT2D eigenvalue weighted by molar-refractivity contribution is 7.12. The maximum absolute atomic E-state index is 12.1. The molecule has 0 unspecified atom stereocenters. The maximum atomic E-state index is 12.1. The smallest absolute Gasteiger partial charge is 0.265 e. The highest BCUT2D eigenvalue weighted by atomic mass is 32.1. The van der Waals surface area contributed by atoms with Gasteiger partial charge in [0.05, 0.1) is 4.88 Å². The van der Waals surface area contributed by atoms with Gasteiger partial charge in [-0.05, 0) is 72.8 Å². The first kappa shape index (κ1) is 18.7. The van der Waals surface area contributed by atoms with Crippen LogP contribution >= 0.6 is 11.3 Å². The Morgan fingerprint density at radius 2 is 1.56 bits per heavy atom. The molecular weight excluding hydrogens is 360 g/mol. The zero-order valence-corrected chi connectivity index (χ0v) is 15.9. The molecule has 1 heterocycles. The molecule has 0 bridgehead atoms. The van der Waals surface area contributed by atoms with E-state index < -0.39 is 0 Å². The topological polar surface area (TPSA) is 67.4 Å². The Labute approximate surface area is 162 Å². The van der Waals surface area contributed by atoms with Gasteiger partial charge in [0.15, 0.2) is 6.61 Å². The summed E-state index contributed by atoms with van der Waals surface area (Å²) in [5.41, 5.74) is 3.48. The fourth-order valence-electron chi connectivity index (χ4n) is 2.60. The van der Waals surface area contributed by atoms with Crippen molar-refractivity contribution >= 4 is 34.5 Å². The summed E-state index contributed by atoms with van der Waals surface area (Å²) >= 11 is 1.38. The van der Waals surface area contributed by atoms with Crippen molar-refractivity contribution in [3.63, 3.8) is 0 Å². The number of rotatable bonds is 6. The van der Waals surface area contributed by atoms with Crippen LogP contribution in [0.15, 0.2) is 60.0 Å². The number of amides is 2. The van der Waals surface area contributed by atoms with Crippen LogP contribution < -0.4 is 15.4 Å². The normalized spacial score (nSPS) is 10.3. The van der Waals surface area contributed by atoms with Crippen molar-refractivity contribution in [2.45, 2.75) is 13.8 Å². The molecule has 6 heteroatoms. The number of hydrogen-bond donors (Lipinski definition) is 2. The van der Waals surface area contributed by atoms with Gasteiger partial charge in [0.2, 0.25) is 0 Å². The maximum Gasteiger partial charge on any atom is 0.265 e. The van der Waals surface area contributed by atoms with Gasteiger partial charge in [-0.2, -0.15) is 0 Å². The average Bonchev–Trinajstić information content (AvgIpc) is 3.16. The molecule has 0 aliphatic rings. The van der Waals surface area contributed by atoms with Gasteiger partial charge in [-0.1, -0.05) is 12.1 Å². The van der Waals surface area contributed by atoms with E-state index in [1.165, 1.54) is 11.3 Å². The summed E-state index contributed by atoms with van der Waals surface area (Å²) in [7, 11) is 0. The van der Waals surface area contributed by atoms with Gasteiger partial charge in [0, 0.05) is 11.4 Å². The zero-order valence-electron chi connectivity index (χ0n) is 15.1. The highest BCUT2D eigenvalue weighted by Gasteiger charge is 2.08. The minimum Gasteiger partial charge on any atom is -0.484 e. The van der Waals surface area contributed by atoms with E-state index >= 15 is 0 Å². The van der Waals surface area contributed by atoms with E-state index in [0.29, 0.717) is 22.0 Å². The average molecular weight is 380 g/mol. The first-order chi connectivity index (χ1) is 13.0. The van der Waals surface area contributed by atoms with Crippen molar-refractivity contribution in [3.05, 3.63) is 76.0 Å². The number of hydrogen-bond acceptors (Lipinski definition) is 4. The minimum absolute atomic E-state index is 0.0697. The standard InChI is InChI=1S/C21H20N2O3S/c1-14-10-15(2)12-18(11-14)26-13-20(24)22-16-5-7-17(8-6-16)23-21(25)19-4-3-9-27-19/h3-12H,13H2,1-2H3,(H,22,24)(H,23,25). The van der Waals surface area contributed by atoms with E-state index in [0.717, 1.165) is 11.1 Å². The molecular formula is C21H20N2O3S. The lowest BCUT2D eigenvalue weighted by Gasteiger charge is -2.10. The molecule has 0 saturated carbocycles. The van der Waals surface area contributed by atoms with Crippen LogP contribution in [-0.4, -0.2) is 18.4 Å². The molecule has 0 saturated heterocycles. The van der Waals surface area contributed by atoms with Crippen molar-refractivity contribution in [1.29, 1.82) is 0 Å². The molecule has 2 amide bonds. The highest BCUT2D eigenvalue weighted by Crippen LogP contribution is 2.18. The molecule has 138 valence electrons. The van der Waals surface area contributed by atoms with Gasteiger partial charge in [-0.25, -0.2) is 0 Å². The Hall–Kier alpha value is -3.12. The fourth-order valence-corrected chi connectivity index (χ4v) is 3.22. The molecule has 0 fully saturated rings. The predicted molar refractivity (Wildman–Crippen MR) is 109 cm³/mol. The third-order valence-electron chi connectivity index (χ3n) is 3.74. The van der Waals surface area contributed by atoms with Crippen LogP contribution in [0.5, 0.6) is 5.75 Å². The van der Waals surface area contributed by atoms with Crippen LogP contribution in [0.3, 0.4) is 0 Å². The number of ether oxygens (including phenoxy) is 1. The SMILES string of the molecule is Cc1cc(C)cc(OCC(=O)Nc2ccc(NC(=O)c3cccs3)cc2)c1. The first-order valence-electron chi connectivity index (χ1n) is 8.45. The van der Waals surface area contributed by atoms with Crippen molar-refractivity contribution in [2.75, 3.05) is 17.2 Å². The molecule has 0 radical (unpaired) electrons. The van der Waals surface area contributed by atoms with E-state index in [4.69, 9.17) is 4.74 Å². The van der Waals surface area contributed by atoms with Crippen LogP contribution in [-0.2, 0) is 4.79 Å². The number of carbonyl (C=O) groups is 2. The number of nitrogens with one attached hydrogen (secondary N) is 2. The summed E-state index contributed by atoms with van der Waals surface area (Å²) in [5.74, 6) is 0.280. The van der Waals surface area contributed by atoms with Gasteiger partial charge >= 0.3 is 0 Å². The van der Waals surface area contributed by atoms with E-state index in [1.54, 1.807) is 30.3 Å². The van der Waals surface area contributed by atoms with Crippen LogP contribution in [0.1, 0.15) is 20.8 Å². The number of anilines is 2. The van der Waals surface area contributed by atoms with E-state index in [2.05, 4.69) is 10.6 Å². The molecule has 27 heavy (non-hydrogen) atoms. The van der Waals surface area contributed by atoms with Crippen molar-refractivity contribution in [3.8, 4) is 5.75 Å². The lowest BCUT2D eigenvalue weighted by atomic mass is 10.1. The van der Waals surface area contributed by atoms with Crippen LogP contribution in [0.2, 0.25) is 0 Å². The molecule has 2 N–H and O–H groups in total. The Morgan fingerprint density at radius 3 is 2.15 bits per heavy atom. The van der Waals surface area contributed by atoms with Crippen LogP contribution in [0.25, 0.3) is 0 Å². The fraction of sp³-hybridized carbons (Fsp3) is 0.143. The minimum atomic E-state index is -0.246. The molecule has 3 rings (SSSR count). The Bertz CT molecular complexity index is 914. The molecule has 0 atom stereocenters. The lowest BCUT2D eigenvalue weighted by molar-refractivity contribution is -0.118. The second kappa shape index (κ2) is 8.51. The van der Waals surface area contributed by atoms with Gasteiger partial charge in [-0.3, -0.25) is 9.59 Å². The summed E-state index contributed by atoms with van der Waals surface area (Å²) in [5, 5.41) is 7.45. The first-order valence-corrected chi connectivity index (χ1v) is 9.33. The van der Waals surface area contributed by atoms with Crippen LogP contribution in [0, 0.1) is 13.8 Å². The third kappa shape index (κ3) is 5.43. The zero-order chi connectivity index (χ0) is 19.2. The van der Waals surface area contributed by atoms with Gasteiger partial charge in [-0.15, -0.1) is 11.3 Å². The van der Waals surface area contributed by atoms with Crippen molar-refractivity contribution in [2.24, 2.45) is 0 Å². The van der Waals surface area contributed by atoms with E-state index in [1.807, 2.05) is 43.5 Å². The molecule has 0 aliphatic heterocycles. The summed E-state index contributed by atoms with van der Waals surface area (Å²) in [6.45, 7) is 3.90. The van der Waals surface area contributed by atoms with Gasteiger partial charge in [0.1, 0.15) is 5.75 Å². The van der Waals surface area contributed by atoms with Crippen molar-refractivity contribution < 1.29 is 14.3 Å². The quantitative estimate of drug-likeness (QED) is 0.655. The molecule has 3 aromatic rings. The van der Waals surface area contributed by atoms with Crippen LogP contribution in [0.4, 0.5) is 11.4 Å². The number of thiophene rings is 1. The van der Waals surface area contributed by atoms with Gasteiger partial charge < -0.3 is 15.4 Å². The molecule has 2 aromatic carbocycles. The Morgan fingerprint density at radius 1 is 0.926 bits per heavy atom. The van der Waals surface area contributed by atoms with Gasteiger partial charge in [0.25, 0.3) is 11.8 Å². The monoisotopic (exact) mass is 380 g/mol. The second-order valence-corrected chi connectivity index (χ2v) is 7.12. The number of aryl methyl sites for hydroxylation is 2. The third-order valence-corrected chi connectivity index (χ3v) is 4.61. The predicted octanol–water partition coefficient (Wildman–Crippen LogP) is 4.63. The Balaban J connectivity index is 1.51. The molecule has 0 aliphatic carbocycles. The van der Waals surface area contributed by atoms with E-state index in [-0.39, 0.29) is 18.4 Å². The largest absolute Gasteiger partial charge is 0.484 e. The summed E-state index contributed by atoms with van der Waals surface area (Å²) in [6.07, 6.45) is 0. The van der Waals surface area contributed by atoms with Crippen molar-refractivity contribution in [1.82, 2.24) is 0 Å².